The van der Waals surface area contributed by atoms with Gasteiger partial charge in [0.1, 0.15) is 5.69 Å². The number of aromatic nitrogens is 2. The van der Waals surface area contributed by atoms with Gasteiger partial charge in [0.15, 0.2) is 0 Å². The van der Waals surface area contributed by atoms with Crippen LogP contribution in [0.25, 0.3) is 5.69 Å². The van der Waals surface area contributed by atoms with Crippen molar-refractivity contribution in [2.45, 2.75) is 43.7 Å². The molecule has 1 aromatic carbocycles. The average molecular weight is 487 g/mol. The number of rotatable bonds is 7. The van der Waals surface area contributed by atoms with Gasteiger partial charge in [0.2, 0.25) is 5.88 Å². The number of amides is 1. The van der Waals surface area contributed by atoms with Gasteiger partial charge >= 0.3 is 5.69 Å². The maximum Gasteiger partial charge on any atom is 0.335 e. The van der Waals surface area contributed by atoms with E-state index in [-0.39, 0.29) is 22.9 Å². The molecule has 174 valence electrons. The number of carbonyl (C=O) groups excluding carboxylic acids is 1. The molecule has 1 aliphatic carbocycles. The molecule has 1 aliphatic heterocycles. The molecule has 1 saturated carbocycles. The van der Waals surface area contributed by atoms with E-state index in [4.69, 9.17) is 11.6 Å². The summed E-state index contributed by atoms with van der Waals surface area (Å²) in [6, 6.07) is 10.9. The fraction of sp³-hybridized carbons (Fsp3) is 0.417. The number of nitrogens with one attached hydrogen (secondary N) is 1. The highest BCUT2D eigenvalue weighted by Gasteiger charge is 2.43. The predicted molar refractivity (Wildman–Crippen MR) is 130 cm³/mol. The van der Waals surface area contributed by atoms with Crippen molar-refractivity contribution >= 4 is 28.8 Å². The third-order valence-corrected chi connectivity index (χ3v) is 8.09. The largest absolute Gasteiger partial charge is 0.493 e. The Hall–Kier alpha value is -2.55. The topological polar surface area (TPSA) is 79.5 Å². The molecular formula is C24H27ClN4O3S. The summed E-state index contributed by atoms with van der Waals surface area (Å²) in [5, 5.41) is 13.9. The van der Waals surface area contributed by atoms with Crippen LogP contribution >= 0.6 is 22.9 Å². The van der Waals surface area contributed by atoms with Gasteiger partial charge in [-0.25, -0.2) is 9.36 Å². The molecular weight excluding hydrogens is 460 g/mol. The minimum atomic E-state index is -0.438. The van der Waals surface area contributed by atoms with E-state index in [1.54, 1.807) is 16.7 Å². The van der Waals surface area contributed by atoms with Crippen LogP contribution in [0.3, 0.4) is 0 Å². The van der Waals surface area contributed by atoms with Crippen LogP contribution in [-0.2, 0) is 12.0 Å². The minimum absolute atomic E-state index is 0.117. The Labute approximate surface area is 201 Å². The number of hydrogen-bond donors (Lipinski definition) is 2. The summed E-state index contributed by atoms with van der Waals surface area (Å²) in [5.74, 6) is -0.379. The van der Waals surface area contributed by atoms with Crippen molar-refractivity contribution in [3.05, 3.63) is 67.4 Å². The lowest BCUT2D eigenvalue weighted by Crippen LogP contribution is -2.26. The number of nitrogens with zero attached hydrogens (tertiary/aromatic N) is 3. The van der Waals surface area contributed by atoms with Gasteiger partial charge in [0, 0.05) is 6.54 Å². The second-order valence-electron chi connectivity index (χ2n) is 9.28. The highest BCUT2D eigenvalue weighted by Crippen LogP contribution is 2.51. The van der Waals surface area contributed by atoms with Crippen molar-refractivity contribution in [2.75, 3.05) is 20.6 Å². The molecule has 2 N–H and O–H groups in total. The molecule has 2 aliphatic rings. The Morgan fingerprint density at radius 1 is 1.24 bits per heavy atom. The number of aromatic hydroxyl groups is 1. The lowest BCUT2D eigenvalue weighted by Gasteiger charge is -2.19. The normalized spacial score (nSPS) is 18.5. The van der Waals surface area contributed by atoms with Crippen molar-refractivity contribution in [2.24, 2.45) is 0 Å². The highest BCUT2D eigenvalue weighted by atomic mass is 35.5. The van der Waals surface area contributed by atoms with E-state index in [0.717, 1.165) is 13.0 Å². The summed E-state index contributed by atoms with van der Waals surface area (Å²) in [5.41, 5.74) is 2.30. The first kappa shape index (κ1) is 22.3. The quantitative estimate of drug-likeness (QED) is 0.530. The van der Waals surface area contributed by atoms with E-state index in [2.05, 4.69) is 36.4 Å². The third-order valence-electron chi connectivity index (χ3n) is 6.86. The number of carbonyl (C=O) groups is 1. The molecule has 3 aromatic rings. The molecule has 0 bridgehead atoms. The van der Waals surface area contributed by atoms with E-state index in [0.29, 0.717) is 33.6 Å². The molecule has 0 spiro atoms. The highest BCUT2D eigenvalue weighted by molar-refractivity contribution is 7.18. The van der Waals surface area contributed by atoms with Crippen LogP contribution in [-0.4, -0.2) is 45.7 Å². The zero-order chi connectivity index (χ0) is 23.3. The van der Waals surface area contributed by atoms with E-state index in [9.17, 15) is 14.7 Å². The van der Waals surface area contributed by atoms with Gasteiger partial charge in [-0.15, -0.1) is 11.3 Å². The van der Waals surface area contributed by atoms with Gasteiger partial charge in [-0.3, -0.25) is 9.36 Å². The average Bonchev–Trinajstić information content (AvgIpc) is 3.13. The molecule has 0 radical (unpaired) electrons. The van der Waals surface area contributed by atoms with Crippen molar-refractivity contribution in [1.82, 2.24) is 19.4 Å². The monoisotopic (exact) mass is 486 g/mol. The molecule has 0 unspecified atom stereocenters. The SMILES string of the molecule is CN(C)CCC1(c2ccc(-n3c(O)c4n(c3=O)CC[C@H]4NC(=O)c3ccc(Cl)s3)cc2)CC1. The third kappa shape index (κ3) is 4.00. The summed E-state index contributed by atoms with van der Waals surface area (Å²) in [4.78, 5) is 28.4. The Morgan fingerprint density at radius 2 is 1.97 bits per heavy atom. The van der Waals surface area contributed by atoms with Crippen molar-refractivity contribution < 1.29 is 9.90 Å². The smallest absolute Gasteiger partial charge is 0.335 e. The lowest BCUT2D eigenvalue weighted by atomic mass is 9.92. The Morgan fingerprint density at radius 3 is 2.58 bits per heavy atom. The second kappa shape index (κ2) is 8.34. The summed E-state index contributed by atoms with van der Waals surface area (Å²) in [7, 11) is 4.18. The lowest BCUT2D eigenvalue weighted by molar-refractivity contribution is 0.0940. The van der Waals surface area contributed by atoms with Gasteiger partial charge in [-0.2, -0.15) is 0 Å². The molecule has 2 aromatic heterocycles. The van der Waals surface area contributed by atoms with Crippen LogP contribution in [0, 0.1) is 0 Å². The number of imidazole rings is 1. The summed E-state index contributed by atoms with van der Waals surface area (Å²) in [6.45, 7) is 1.48. The predicted octanol–water partition coefficient (Wildman–Crippen LogP) is 3.92. The van der Waals surface area contributed by atoms with E-state index < -0.39 is 6.04 Å². The first-order valence-corrected chi connectivity index (χ1v) is 12.3. The van der Waals surface area contributed by atoms with Gasteiger partial charge in [-0.05, 0) is 81.6 Å². The number of benzene rings is 1. The summed E-state index contributed by atoms with van der Waals surface area (Å²) < 4.78 is 3.42. The van der Waals surface area contributed by atoms with Crippen LogP contribution in [0.15, 0.2) is 41.2 Å². The van der Waals surface area contributed by atoms with Crippen LogP contribution in [0.2, 0.25) is 4.34 Å². The fourth-order valence-corrected chi connectivity index (χ4v) is 5.73. The van der Waals surface area contributed by atoms with Crippen LogP contribution in [0.1, 0.15) is 52.7 Å². The summed E-state index contributed by atoms with van der Waals surface area (Å²) in [6.07, 6.45) is 4.03. The van der Waals surface area contributed by atoms with Crippen LogP contribution in [0.5, 0.6) is 5.88 Å². The van der Waals surface area contributed by atoms with Crippen molar-refractivity contribution in [1.29, 1.82) is 0 Å². The van der Waals surface area contributed by atoms with Crippen molar-refractivity contribution in [3.8, 4) is 11.6 Å². The number of hydrogen-bond acceptors (Lipinski definition) is 5. The maximum atomic E-state index is 13.1. The molecule has 0 saturated heterocycles. The standard InChI is InChI=1S/C24H27ClN4O3S/c1-27(2)14-12-24(10-11-24)15-3-5-16(6-4-15)29-22(31)20-17(9-13-28(20)23(29)32)26-21(30)18-7-8-19(25)33-18/h3-8,17,31H,9-14H2,1-2H3,(H,26,30)/t17-/m1/s1. The molecule has 9 heteroatoms. The van der Waals surface area contributed by atoms with E-state index >= 15 is 0 Å². The fourth-order valence-electron chi connectivity index (χ4n) is 4.78. The first-order valence-electron chi connectivity index (χ1n) is 11.2. The van der Waals surface area contributed by atoms with Crippen LogP contribution < -0.4 is 11.0 Å². The van der Waals surface area contributed by atoms with Crippen molar-refractivity contribution in [3.63, 3.8) is 0 Å². The molecule has 1 fully saturated rings. The molecule has 1 atom stereocenters. The van der Waals surface area contributed by atoms with Gasteiger partial charge in [-0.1, -0.05) is 23.7 Å². The maximum absolute atomic E-state index is 13.1. The molecule has 3 heterocycles. The molecule has 5 rings (SSSR count). The zero-order valence-corrected chi connectivity index (χ0v) is 20.2. The number of fused-ring (bicyclic) bond motifs is 1. The van der Waals surface area contributed by atoms with Gasteiger partial charge in [0.05, 0.1) is 20.9 Å². The van der Waals surface area contributed by atoms with Crippen LogP contribution in [0.4, 0.5) is 0 Å². The van der Waals surface area contributed by atoms with Gasteiger partial charge < -0.3 is 15.3 Å². The summed E-state index contributed by atoms with van der Waals surface area (Å²) >= 11 is 7.14. The van der Waals surface area contributed by atoms with E-state index in [1.807, 2.05) is 12.1 Å². The zero-order valence-electron chi connectivity index (χ0n) is 18.7. The van der Waals surface area contributed by atoms with Gasteiger partial charge in [0.25, 0.3) is 5.91 Å². The second-order valence-corrected chi connectivity index (χ2v) is 11.0. The Balaban J connectivity index is 1.39. The van der Waals surface area contributed by atoms with E-state index in [1.165, 1.54) is 34.3 Å². The number of halogens is 1. The molecule has 33 heavy (non-hydrogen) atoms. The minimum Gasteiger partial charge on any atom is -0.493 e. The molecule has 1 amide bonds. The first-order chi connectivity index (χ1) is 15.8. The number of thiophene rings is 1. The Bertz CT molecular complexity index is 1250. The Kier molecular flexibility index (Phi) is 5.63. The molecule has 7 nitrogen and oxygen atoms in total.